The van der Waals surface area contributed by atoms with Gasteiger partial charge in [-0.25, -0.2) is 0 Å². The number of hydrogen-bond donors (Lipinski definition) is 1. The summed E-state index contributed by atoms with van der Waals surface area (Å²) < 4.78 is 10.7. The molecule has 0 radical (unpaired) electrons. The van der Waals surface area contributed by atoms with Gasteiger partial charge in [-0.15, -0.1) is 0 Å². The smallest absolute Gasteiger partial charge is 0.308 e. The molecule has 0 saturated carbocycles. The van der Waals surface area contributed by atoms with Crippen LogP contribution in [0.3, 0.4) is 0 Å². The molecule has 2 rings (SSSR count). The Morgan fingerprint density at radius 3 is 2.50 bits per heavy atom. The summed E-state index contributed by atoms with van der Waals surface area (Å²) >= 11 is 0. The average molecular weight is 307 g/mol. The Morgan fingerprint density at radius 1 is 1.27 bits per heavy atom. The zero-order chi connectivity index (χ0) is 16.1. The lowest BCUT2D eigenvalue weighted by atomic mass is 9.98. The Labute approximate surface area is 129 Å². The highest BCUT2D eigenvalue weighted by Gasteiger charge is 2.30. The van der Waals surface area contributed by atoms with Gasteiger partial charge in [-0.05, 0) is 44.0 Å². The van der Waals surface area contributed by atoms with Crippen LogP contribution in [-0.4, -0.2) is 48.2 Å². The van der Waals surface area contributed by atoms with Crippen LogP contribution in [0.25, 0.3) is 0 Å². The minimum atomic E-state index is -0.846. The third-order valence-corrected chi connectivity index (χ3v) is 3.80. The fraction of sp³-hybridized carbons (Fsp3) is 0.500. The van der Waals surface area contributed by atoms with Crippen molar-refractivity contribution in [1.82, 2.24) is 4.90 Å². The van der Waals surface area contributed by atoms with Gasteiger partial charge in [-0.3, -0.25) is 9.59 Å². The number of carbonyl (C=O) groups is 2. The number of likely N-dealkylation sites (tertiary alicyclic amines) is 1. The summed E-state index contributed by atoms with van der Waals surface area (Å²) in [6, 6.07) is 6.99. The number of carboxylic acids is 1. The summed E-state index contributed by atoms with van der Waals surface area (Å²) in [5, 5.41) is 9.08. The van der Waals surface area contributed by atoms with Crippen molar-refractivity contribution in [2.45, 2.75) is 25.9 Å². The number of aliphatic carboxylic acids is 1. The van der Waals surface area contributed by atoms with E-state index >= 15 is 0 Å². The topological polar surface area (TPSA) is 76.1 Å². The molecule has 1 aliphatic rings. The first-order valence-electron chi connectivity index (χ1n) is 7.33. The molecule has 1 fully saturated rings. The largest absolute Gasteiger partial charge is 0.497 e. The van der Waals surface area contributed by atoms with Gasteiger partial charge in [0.05, 0.1) is 13.0 Å². The van der Waals surface area contributed by atoms with Gasteiger partial charge < -0.3 is 19.5 Å². The van der Waals surface area contributed by atoms with Crippen molar-refractivity contribution in [1.29, 1.82) is 0 Å². The molecule has 22 heavy (non-hydrogen) atoms. The van der Waals surface area contributed by atoms with Crippen molar-refractivity contribution >= 4 is 11.9 Å². The Balaban J connectivity index is 1.94. The fourth-order valence-corrected chi connectivity index (χ4v) is 2.54. The van der Waals surface area contributed by atoms with E-state index in [2.05, 4.69) is 0 Å². The van der Waals surface area contributed by atoms with E-state index in [-0.39, 0.29) is 12.5 Å². The monoisotopic (exact) mass is 307 g/mol. The van der Waals surface area contributed by atoms with Gasteiger partial charge in [0.15, 0.2) is 6.10 Å². The Hall–Kier alpha value is -2.24. The number of benzene rings is 1. The van der Waals surface area contributed by atoms with Crippen LogP contribution in [-0.2, 0) is 9.59 Å². The highest BCUT2D eigenvalue weighted by Crippen LogP contribution is 2.21. The lowest BCUT2D eigenvalue weighted by Crippen LogP contribution is -2.47. The molecule has 6 heteroatoms. The minimum Gasteiger partial charge on any atom is -0.497 e. The van der Waals surface area contributed by atoms with E-state index < -0.39 is 18.0 Å². The van der Waals surface area contributed by atoms with Crippen LogP contribution in [0.5, 0.6) is 11.5 Å². The summed E-state index contributed by atoms with van der Waals surface area (Å²) in [5.41, 5.74) is 0. The Morgan fingerprint density at radius 2 is 1.91 bits per heavy atom. The van der Waals surface area contributed by atoms with Crippen LogP contribution >= 0.6 is 0 Å². The zero-order valence-electron chi connectivity index (χ0n) is 12.8. The second kappa shape index (κ2) is 7.15. The van der Waals surface area contributed by atoms with Crippen LogP contribution < -0.4 is 9.47 Å². The molecule has 0 bridgehead atoms. The molecule has 0 aromatic heterocycles. The molecule has 1 unspecified atom stereocenters. The standard InChI is InChI=1S/C16H21NO5/c1-11(22-14-7-5-13(21-2)6-8-14)15(18)17-9-3-4-12(10-17)16(19)20/h5-8,11-12H,3-4,9-10H2,1-2H3,(H,19,20)/t11?,12-/m0/s1. The molecule has 1 aliphatic heterocycles. The second-order valence-corrected chi connectivity index (χ2v) is 5.40. The normalized spacial score (nSPS) is 19.4. The van der Waals surface area contributed by atoms with Crippen molar-refractivity contribution in [2.75, 3.05) is 20.2 Å². The number of nitrogens with zero attached hydrogens (tertiary/aromatic N) is 1. The molecule has 1 amide bonds. The average Bonchev–Trinajstić information content (AvgIpc) is 2.54. The van der Waals surface area contributed by atoms with Crippen LogP contribution in [0.2, 0.25) is 0 Å². The second-order valence-electron chi connectivity index (χ2n) is 5.40. The molecule has 1 N–H and O–H groups in total. The fourth-order valence-electron chi connectivity index (χ4n) is 2.54. The lowest BCUT2D eigenvalue weighted by molar-refractivity contribution is -0.147. The van der Waals surface area contributed by atoms with Gasteiger partial charge in [-0.2, -0.15) is 0 Å². The van der Waals surface area contributed by atoms with E-state index in [1.54, 1.807) is 43.2 Å². The minimum absolute atomic E-state index is 0.179. The molecule has 1 aromatic carbocycles. The van der Waals surface area contributed by atoms with Crippen molar-refractivity contribution in [2.24, 2.45) is 5.92 Å². The molecule has 1 heterocycles. The molecular weight excluding hydrogens is 286 g/mol. The summed E-state index contributed by atoms with van der Waals surface area (Å²) in [6.07, 6.45) is 0.672. The summed E-state index contributed by atoms with van der Waals surface area (Å²) in [4.78, 5) is 25.0. The molecule has 1 aromatic rings. The number of amides is 1. The first kappa shape index (κ1) is 16.1. The quantitative estimate of drug-likeness (QED) is 0.897. The van der Waals surface area contributed by atoms with E-state index in [1.807, 2.05) is 0 Å². The molecule has 6 nitrogen and oxygen atoms in total. The van der Waals surface area contributed by atoms with Gasteiger partial charge in [0, 0.05) is 13.1 Å². The first-order valence-corrected chi connectivity index (χ1v) is 7.33. The van der Waals surface area contributed by atoms with E-state index in [1.165, 1.54) is 0 Å². The maximum atomic E-state index is 12.4. The highest BCUT2D eigenvalue weighted by atomic mass is 16.5. The maximum absolute atomic E-state index is 12.4. The maximum Gasteiger partial charge on any atom is 0.308 e. The van der Waals surface area contributed by atoms with Crippen molar-refractivity contribution in [3.8, 4) is 11.5 Å². The molecule has 2 atom stereocenters. The van der Waals surface area contributed by atoms with E-state index in [0.717, 1.165) is 0 Å². The van der Waals surface area contributed by atoms with Crippen molar-refractivity contribution in [3.05, 3.63) is 24.3 Å². The number of carbonyl (C=O) groups excluding carboxylic acids is 1. The highest BCUT2D eigenvalue weighted by molar-refractivity contribution is 5.82. The number of methoxy groups -OCH3 is 1. The summed E-state index contributed by atoms with van der Waals surface area (Å²) in [5.74, 6) is -0.214. The van der Waals surface area contributed by atoms with Gasteiger partial charge in [-0.1, -0.05) is 0 Å². The van der Waals surface area contributed by atoms with Crippen molar-refractivity contribution in [3.63, 3.8) is 0 Å². The third-order valence-electron chi connectivity index (χ3n) is 3.80. The Kier molecular flexibility index (Phi) is 5.25. The van der Waals surface area contributed by atoms with Crippen LogP contribution in [0, 0.1) is 5.92 Å². The predicted molar refractivity (Wildman–Crippen MR) is 80.0 cm³/mol. The zero-order valence-corrected chi connectivity index (χ0v) is 12.8. The van der Waals surface area contributed by atoms with Gasteiger partial charge >= 0.3 is 5.97 Å². The number of piperidine rings is 1. The van der Waals surface area contributed by atoms with Gasteiger partial charge in [0.25, 0.3) is 5.91 Å². The summed E-state index contributed by atoms with van der Waals surface area (Å²) in [6.45, 7) is 2.51. The molecule has 0 aliphatic carbocycles. The SMILES string of the molecule is COc1ccc(OC(C)C(=O)N2CCC[C@H](C(=O)O)C2)cc1. The number of hydrogen-bond acceptors (Lipinski definition) is 4. The van der Waals surface area contributed by atoms with Crippen LogP contribution in [0.4, 0.5) is 0 Å². The van der Waals surface area contributed by atoms with Crippen LogP contribution in [0.1, 0.15) is 19.8 Å². The molecule has 1 saturated heterocycles. The first-order chi connectivity index (χ1) is 10.5. The molecular formula is C16H21NO5. The Bertz CT molecular complexity index is 528. The molecule has 120 valence electrons. The van der Waals surface area contributed by atoms with Crippen LogP contribution in [0.15, 0.2) is 24.3 Å². The number of carboxylic acid groups (broad SMARTS) is 1. The lowest BCUT2D eigenvalue weighted by Gasteiger charge is -2.32. The van der Waals surface area contributed by atoms with Gasteiger partial charge in [0.2, 0.25) is 0 Å². The van der Waals surface area contributed by atoms with E-state index in [4.69, 9.17) is 14.6 Å². The van der Waals surface area contributed by atoms with Crippen molar-refractivity contribution < 1.29 is 24.2 Å². The van der Waals surface area contributed by atoms with E-state index in [9.17, 15) is 9.59 Å². The van der Waals surface area contributed by atoms with Gasteiger partial charge in [0.1, 0.15) is 11.5 Å². The predicted octanol–water partition coefficient (Wildman–Crippen LogP) is 1.79. The summed E-state index contributed by atoms with van der Waals surface area (Å²) in [7, 11) is 1.58. The molecule has 0 spiro atoms. The third kappa shape index (κ3) is 3.90. The van der Waals surface area contributed by atoms with E-state index in [0.29, 0.717) is 30.9 Å². The number of ether oxygens (including phenoxy) is 2. The number of rotatable bonds is 5.